The molecule has 0 saturated heterocycles. The van der Waals surface area contributed by atoms with Gasteiger partial charge in [-0.3, -0.25) is 9.48 Å². The number of hydrogen-bond acceptors (Lipinski definition) is 8. The summed E-state index contributed by atoms with van der Waals surface area (Å²) in [7, 11) is 1.86. The molecule has 3 aromatic heterocycles. The van der Waals surface area contributed by atoms with Crippen LogP contribution >= 0.6 is 0 Å². The lowest BCUT2D eigenvalue weighted by Gasteiger charge is -2.24. The van der Waals surface area contributed by atoms with Gasteiger partial charge in [0, 0.05) is 56.4 Å². The molecule has 0 atom stereocenters. The van der Waals surface area contributed by atoms with Gasteiger partial charge in [0.1, 0.15) is 11.3 Å². The first-order valence-electron chi connectivity index (χ1n) is 10.9. The number of rotatable bonds is 9. The molecule has 3 rings (SSSR count). The summed E-state index contributed by atoms with van der Waals surface area (Å²) in [4.78, 5) is 30.5. The Kier molecular flexibility index (Phi) is 7.52. The first-order valence-corrected chi connectivity index (χ1v) is 10.9. The van der Waals surface area contributed by atoms with E-state index in [0.29, 0.717) is 31.9 Å². The third-order valence-corrected chi connectivity index (χ3v) is 4.66. The summed E-state index contributed by atoms with van der Waals surface area (Å²) >= 11 is 0. The normalized spacial score (nSPS) is 11.4. The van der Waals surface area contributed by atoms with Gasteiger partial charge in [0.25, 0.3) is 0 Å². The van der Waals surface area contributed by atoms with Crippen molar-refractivity contribution in [3.05, 3.63) is 31.0 Å². The Morgan fingerprint density at radius 1 is 1.09 bits per heavy atom. The lowest BCUT2D eigenvalue weighted by Crippen LogP contribution is -2.38. The molecule has 3 aromatic rings. The summed E-state index contributed by atoms with van der Waals surface area (Å²) in [5.41, 5.74) is 2.64. The van der Waals surface area contributed by atoms with Crippen molar-refractivity contribution >= 4 is 23.4 Å². The molecule has 0 bridgehead atoms. The van der Waals surface area contributed by atoms with Crippen molar-refractivity contribution in [2.24, 2.45) is 7.05 Å². The highest BCUT2D eigenvalue weighted by molar-refractivity contribution is 5.73. The van der Waals surface area contributed by atoms with E-state index in [1.165, 1.54) is 0 Å². The van der Waals surface area contributed by atoms with Crippen LogP contribution in [-0.4, -0.2) is 68.3 Å². The largest absolute Gasteiger partial charge is 0.466 e. The summed E-state index contributed by atoms with van der Waals surface area (Å²) in [5.74, 6) is -0.286. The monoisotopic (exact) mass is 457 g/mol. The van der Waals surface area contributed by atoms with E-state index in [1.807, 2.05) is 45.1 Å². The van der Waals surface area contributed by atoms with Crippen molar-refractivity contribution in [3.8, 4) is 11.1 Å². The van der Waals surface area contributed by atoms with Crippen LogP contribution in [0.25, 0.3) is 16.8 Å². The zero-order valence-electron chi connectivity index (χ0n) is 19.7. The van der Waals surface area contributed by atoms with Crippen LogP contribution in [0.5, 0.6) is 0 Å². The van der Waals surface area contributed by atoms with Gasteiger partial charge in [-0.15, -0.1) is 0 Å². The van der Waals surface area contributed by atoms with E-state index in [-0.39, 0.29) is 12.4 Å². The van der Waals surface area contributed by atoms with Crippen LogP contribution in [-0.2, 0) is 21.3 Å². The quantitative estimate of drug-likeness (QED) is 0.487. The van der Waals surface area contributed by atoms with Crippen molar-refractivity contribution in [3.63, 3.8) is 0 Å². The van der Waals surface area contributed by atoms with E-state index in [4.69, 9.17) is 9.47 Å². The Bertz CT molecular complexity index is 1100. The Labute approximate surface area is 192 Å². The lowest BCUT2D eigenvalue weighted by molar-refractivity contribution is -0.142. The van der Waals surface area contributed by atoms with E-state index in [9.17, 15) is 9.59 Å². The molecular formula is C22H31N7O4. The van der Waals surface area contributed by atoms with E-state index in [1.54, 1.807) is 34.7 Å². The number of ether oxygens (including phenoxy) is 2. The minimum atomic E-state index is -0.577. The molecule has 0 radical (unpaired) electrons. The lowest BCUT2D eigenvalue weighted by atomic mass is 10.2. The van der Waals surface area contributed by atoms with Crippen LogP contribution in [0.1, 0.15) is 34.1 Å². The van der Waals surface area contributed by atoms with Gasteiger partial charge in [-0.1, -0.05) is 0 Å². The van der Waals surface area contributed by atoms with Gasteiger partial charge in [0.2, 0.25) is 0 Å². The molecule has 0 aliphatic carbocycles. The van der Waals surface area contributed by atoms with Gasteiger partial charge in [-0.25, -0.2) is 14.3 Å². The van der Waals surface area contributed by atoms with Crippen LogP contribution in [0.15, 0.2) is 31.0 Å². The van der Waals surface area contributed by atoms with Crippen LogP contribution < -0.4 is 10.2 Å². The Morgan fingerprint density at radius 2 is 1.85 bits per heavy atom. The zero-order chi connectivity index (χ0) is 24.0. The fraction of sp³-hybridized carbons (Fsp3) is 0.500. The second kappa shape index (κ2) is 10.3. The topological polar surface area (TPSA) is 116 Å². The highest BCUT2D eigenvalue weighted by atomic mass is 16.6. The fourth-order valence-corrected chi connectivity index (χ4v) is 3.22. The maximum atomic E-state index is 12.0. The van der Waals surface area contributed by atoms with Crippen molar-refractivity contribution < 1.29 is 19.1 Å². The maximum absolute atomic E-state index is 12.0. The van der Waals surface area contributed by atoms with Crippen LogP contribution in [0, 0.1) is 0 Å². The Balaban J connectivity index is 1.76. The number of aryl methyl sites for hydroxylation is 1. The number of aromatic nitrogens is 5. The van der Waals surface area contributed by atoms with Gasteiger partial charge in [-0.05, 0) is 27.7 Å². The molecule has 0 spiro atoms. The number of amides is 1. The molecule has 178 valence electrons. The highest BCUT2D eigenvalue weighted by Crippen LogP contribution is 2.23. The van der Waals surface area contributed by atoms with Crippen LogP contribution in [0.4, 0.5) is 10.5 Å². The molecular weight excluding hydrogens is 426 g/mol. The highest BCUT2D eigenvalue weighted by Gasteiger charge is 2.19. The number of nitrogens with zero attached hydrogens (tertiary/aromatic N) is 6. The number of carbonyl (C=O) groups excluding carboxylic acids is 2. The van der Waals surface area contributed by atoms with Gasteiger partial charge < -0.3 is 19.7 Å². The average molecular weight is 458 g/mol. The number of fused-ring (bicyclic) bond motifs is 1. The summed E-state index contributed by atoms with van der Waals surface area (Å²) < 4.78 is 13.8. The van der Waals surface area contributed by atoms with Crippen molar-refractivity contribution in [1.29, 1.82) is 0 Å². The van der Waals surface area contributed by atoms with Gasteiger partial charge in [0.05, 0.1) is 25.4 Å². The Morgan fingerprint density at radius 3 is 2.52 bits per heavy atom. The van der Waals surface area contributed by atoms with Crippen LogP contribution in [0.2, 0.25) is 0 Å². The molecule has 0 unspecified atom stereocenters. The SMILES string of the molecule is CCOC(=O)CCN(CCNC(=O)OC(C)(C)C)c1cnn2cc(-c3cnn(C)c3)cnc12. The molecule has 0 aliphatic heterocycles. The van der Waals surface area contributed by atoms with E-state index in [0.717, 1.165) is 16.8 Å². The van der Waals surface area contributed by atoms with Crippen LogP contribution in [0.3, 0.4) is 0 Å². The summed E-state index contributed by atoms with van der Waals surface area (Å²) in [6.07, 6.45) is 8.72. The fourth-order valence-electron chi connectivity index (χ4n) is 3.22. The minimum absolute atomic E-state index is 0.200. The Hall–Kier alpha value is -3.63. The number of hydrogen-bond donors (Lipinski definition) is 1. The smallest absolute Gasteiger partial charge is 0.407 e. The third-order valence-electron chi connectivity index (χ3n) is 4.66. The zero-order valence-corrected chi connectivity index (χ0v) is 19.7. The predicted octanol–water partition coefficient (Wildman–Crippen LogP) is 2.41. The van der Waals surface area contributed by atoms with E-state index in [2.05, 4.69) is 20.5 Å². The standard InChI is InChI=1S/C22H31N7O4/c1-6-32-19(30)7-9-28(10-8-23-21(31)33-22(2,3)4)18-13-26-29-15-16(11-24-20(18)29)17-12-25-27(5)14-17/h11-15H,6-10H2,1-5H3,(H,23,31). The maximum Gasteiger partial charge on any atom is 0.407 e. The first-order chi connectivity index (χ1) is 15.7. The molecule has 3 heterocycles. The number of alkyl carbamates (subject to hydrolysis) is 1. The summed E-state index contributed by atoms with van der Waals surface area (Å²) in [6, 6.07) is 0. The molecule has 1 amide bonds. The van der Waals surface area contributed by atoms with Crippen molar-refractivity contribution in [1.82, 2.24) is 29.7 Å². The predicted molar refractivity (Wildman–Crippen MR) is 123 cm³/mol. The number of carbonyl (C=O) groups is 2. The number of esters is 1. The molecule has 0 fully saturated rings. The molecule has 0 saturated carbocycles. The molecule has 33 heavy (non-hydrogen) atoms. The van der Waals surface area contributed by atoms with Gasteiger partial charge in [0.15, 0.2) is 5.65 Å². The average Bonchev–Trinajstić information content (AvgIpc) is 3.35. The second-order valence-corrected chi connectivity index (χ2v) is 8.51. The molecule has 0 aliphatic rings. The molecule has 11 heteroatoms. The van der Waals surface area contributed by atoms with E-state index >= 15 is 0 Å². The number of anilines is 1. The van der Waals surface area contributed by atoms with Crippen molar-refractivity contribution in [2.45, 2.75) is 39.7 Å². The van der Waals surface area contributed by atoms with E-state index < -0.39 is 11.7 Å². The second-order valence-electron chi connectivity index (χ2n) is 8.51. The van der Waals surface area contributed by atoms with Gasteiger partial charge >= 0.3 is 12.1 Å². The molecule has 1 N–H and O–H groups in total. The first kappa shape index (κ1) is 24.0. The summed E-state index contributed by atoms with van der Waals surface area (Å²) in [5, 5.41) is 11.4. The van der Waals surface area contributed by atoms with Crippen molar-refractivity contribution in [2.75, 3.05) is 31.1 Å². The molecule has 0 aromatic carbocycles. The summed E-state index contributed by atoms with van der Waals surface area (Å²) in [6.45, 7) is 8.68. The number of nitrogens with one attached hydrogen (secondary N) is 1. The third kappa shape index (κ3) is 6.67. The molecule has 11 nitrogen and oxygen atoms in total. The minimum Gasteiger partial charge on any atom is -0.466 e. The van der Waals surface area contributed by atoms with Gasteiger partial charge in [-0.2, -0.15) is 10.2 Å².